The number of aryl methyl sites for hydroxylation is 1. The number of aliphatic hydroxyl groups excluding tert-OH is 1. The van der Waals surface area contributed by atoms with E-state index in [0.717, 1.165) is 11.1 Å². The summed E-state index contributed by atoms with van der Waals surface area (Å²) >= 11 is 0. The Morgan fingerprint density at radius 1 is 1.10 bits per heavy atom. The first-order valence-electron chi connectivity index (χ1n) is 6.23. The van der Waals surface area contributed by atoms with Gasteiger partial charge in [-0.05, 0) is 48.7 Å². The third kappa shape index (κ3) is 3.00. The van der Waals surface area contributed by atoms with Crippen LogP contribution in [0.5, 0.6) is 0 Å². The lowest BCUT2D eigenvalue weighted by molar-refractivity contribution is 0.281. The van der Waals surface area contributed by atoms with E-state index in [1.165, 1.54) is 12.1 Å². The van der Waals surface area contributed by atoms with Gasteiger partial charge in [0, 0.05) is 0 Å². The summed E-state index contributed by atoms with van der Waals surface area (Å²) in [6.07, 6.45) is 0. The van der Waals surface area contributed by atoms with Crippen molar-refractivity contribution in [2.75, 3.05) is 4.72 Å². The number of rotatable bonds is 4. The van der Waals surface area contributed by atoms with Crippen LogP contribution in [-0.2, 0) is 16.6 Å². The molecule has 0 aliphatic rings. The molecular weight excluding hydrogens is 274 g/mol. The van der Waals surface area contributed by atoms with Gasteiger partial charge in [0.2, 0.25) is 0 Å². The van der Waals surface area contributed by atoms with Crippen LogP contribution in [0.4, 0.5) is 5.69 Å². The maximum Gasteiger partial charge on any atom is 0.261 e. The summed E-state index contributed by atoms with van der Waals surface area (Å²) in [6.45, 7) is 3.61. The number of anilines is 1. The van der Waals surface area contributed by atoms with Crippen molar-refractivity contribution in [2.24, 2.45) is 0 Å². The molecule has 2 rings (SSSR count). The summed E-state index contributed by atoms with van der Waals surface area (Å²) in [5.74, 6) is 0. The fraction of sp³-hybridized carbons (Fsp3) is 0.200. The predicted molar refractivity (Wildman–Crippen MR) is 79.1 cm³/mol. The van der Waals surface area contributed by atoms with Gasteiger partial charge >= 0.3 is 0 Å². The van der Waals surface area contributed by atoms with Gasteiger partial charge in [0.05, 0.1) is 17.2 Å². The number of benzene rings is 2. The van der Waals surface area contributed by atoms with Gasteiger partial charge in [-0.25, -0.2) is 8.42 Å². The van der Waals surface area contributed by atoms with Gasteiger partial charge < -0.3 is 5.11 Å². The second-order valence-corrected chi connectivity index (χ2v) is 6.34. The third-order valence-electron chi connectivity index (χ3n) is 3.24. The normalized spacial score (nSPS) is 11.3. The van der Waals surface area contributed by atoms with E-state index in [1.54, 1.807) is 18.2 Å². The van der Waals surface area contributed by atoms with E-state index in [4.69, 9.17) is 5.11 Å². The van der Waals surface area contributed by atoms with E-state index in [0.29, 0.717) is 11.3 Å². The van der Waals surface area contributed by atoms with E-state index in [-0.39, 0.29) is 11.5 Å². The second-order valence-electron chi connectivity index (χ2n) is 4.66. The Labute approximate surface area is 119 Å². The smallest absolute Gasteiger partial charge is 0.261 e. The number of hydrogen-bond donors (Lipinski definition) is 2. The molecule has 0 aliphatic heterocycles. The van der Waals surface area contributed by atoms with Crippen molar-refractivity contribution < 1.29 is 13.5 Å². The highest BCUT2D eigenvalue weighted by Gasteiger charge is 2.15. The summed E-state index contributed by atoms with van der Waals surface area (Å²) in [5, 5.41) is 9.08. The molecule has 2 aromatic rings. The molecule has 0 aliphatic carbocycles. The zero-order valence-electron chi connectivity index (χ0n) is 11.4. The van der Waals surface area contributed by atoms with E-state index >= 15 is 0 Å². The van der Waals surface area contributed by atoms with Crippen LogP contribution < -0.4 is 4.72 Å². The van der Waals surface area contributed by atoms with Crippen LogP contribution in [0, 0.1) is 13.8 Å². The lowest BCUT2D eigenvalue weighted by atomic mass is 10.1. The van der Waals surface area contributed by atoms with Gasteiger partial charge in [-0.1, -0.05) is 24.3 Å². The average Bonchev–Trinajstić information content (AvgIpc) is 2.44. The lowest BCUT2D eigenvalue weighted by Crippen LogP contribution is -2.14. The molecule has 0 atom stereocenters. The summed E-state index contributed by atoms with van der Waals surface area (Å²) in [6, 6.07) is 11.7. The molecule has 2 aromatic carbocycles. The SMILES string of the molecule is Cc1cccc(NS(=O)(=O)c2cccc(CO)c2)c1C. The largest absolute Gasteiger partial charge is 0.392 e. The van der Waals surface area contributed by atoms with Gasteiger partial charge in [0.15, 0.2) is 0 Å². The van der Waals surface area contributed by atoms with Crippen molar-refractivity contribution in [2.45, 2.75) is 25.3 Å². The van der Waals surface area contributed by atoms with Gasteiger partial charge in [0.1, 0.15) is 0 Å². The fourth-order valence-electron chi connectivity index (χ4n) is 1.88. The van der Waals surface area contributed by atoms with Crippen molar-refractivity contribution in [3.63, 3.8) is 0 Å². The van der Waals surface area contributed by atoms with E-state index in [9.17, 15) is 8.42 Å². The molecule has 0 saturated heterocycles. The number of aliphatic hydroxyl groups is 1. The van der Waals surface area contributed by atoms with Crippen molar-refractivity contribution in [3.8, 4) is 0 Å². The number of sulfonamides is 1. The van der Waals surface area contributed by atoms with Crippen LogP contribution in [0.1, 0.15) is 16.7 Å². The minimum absolute atomic E-state index is 0.143. The Hall–Kier alpha value is -1.85. The first-order chi connectivity index (χ1) is 9.44. The third-order valence-corrected chi connectivity index (χ3v) is 4.60. The molecule has 0 unspecified atom stereocenters. The molecule has 0 heterocycles. The van der Waals surface area contributed by atoms with Crippen molar-refractivity contribution >= 4 is 15.7 Å². The topological polar surface area (TPSA) is 66.4 Å². The summed E-state index contributed by atoms with van der Waals surface area (Å²) in [7, 11) is -3.65. The van der Waals surface area contributed by atoms with E-state index in [1.807, 2.05) is 26.0 Å². The van der Waals surface area contributed by atoms with E-state index in [2.05, 4.69) is 4.72 Å². The standard InChI is InChI=1S/C15H17NO3S/c1-11-5-3-8-15(12(11)2)16-20(18,19)14-7-4-6-13(9-14)10-17/h3-9,16-17H,10H2,1-2H3. The van der Waals surface area contributed by atoms with Crippen molar-refractivity contribution in [3.05, 3.63) is 59.2 Å². The Morgan fingerprint density at radius 2 is 1.80 bits per heavy atom. The summed E-state index contributed by atoms with van der Waals surface area (Å²) in [5.41, 5.74) is 3.05. The minimum Gasteiger partial charge on any atom is -0.392 e. The maximum atomic E-state index is 12.3. The molecular formula is C15H17NO3S. The Kier molecular flexibility index (Phi) is 4.11. The molecule has 4 nitrogen and oxygen atoms in total. The highest BCUT2D eigenvalue weighted by molar-refractivity contribution is 7.92. The molecule has 20 heavy (non-hydrogen) atoms. The quantitative estimate of drug-likeness (QED) is 0.910. The Bertz CT molecular complexity index is 724. The number of nitrogens with one attached hydrogen (secondary N) is 1. The van der Waals surface area contributed by atoms with E-state index < -0.39 is 10.0 Å². The molecule has 5 heteroatoms. The highest BCUT2D eigenvalue weighted by atomic mass is 32.2. The predicted octanol–water partition coefficient (Wildman–Crippen LogP) is 2.60. The second kappa shape index (κ2) is 5.64. The summed E-state index contributed by atoms with van der Waals surface area (Å²) in [4.78, 5) is 0.143. The molecule has 0 fully saturated rings. The van der Waals surface area contributed by atoms with Crippen molar-refractivity contribution in [1.29, 1.82) is 0 Å². The van der Waals surface area contributed by atoms with Crippen LogP contribution in [-0.4, -0.2) is 13.5 Å². The minimum atomic E-state index is -3.65. The molecule has 0 amide bonds. The summed E-state index contributed by atoms with van der Waals surface area (Å²) < 4.78 is 27.3. The van der Waals surface area contributed by atoms with Gasteiger partial charge in [-0.2, -0.15) is 0 Å². The van der Waals surface area contributed by atoms with Crippen LogP contribution in [0.15, 0.2) is 47.4 Å². The molecule has 0 spiro atoms. The van der Waals surface area contributed by atoms with Gasteiger partial charge in [-0.3, -0.25) is 4.72 Å². The zero-order valence-corrected chi connectivity index (χ0v) is 12.2. The fourth-order valence-corrected chi connectivity index (χ4v) is 3.07. The zero-order chi connectivity index (χ0) is 14.8. The first-order valence-corrected chi connectivity index (χ1v) is 7.71. The van der Waals surface area contributed by atoms with Crippen LogP contribution in [0.25, 0.3) is 0 Å². The monoisotopic (exact) mass is 291 g/mol. The van der Waals surface area contributed by atoms with Gasteiger partial charge in [-0.15, -0.1) is 0 Å². The first kappa shape index (κ1) is 14.6. The van der Waals surface area contributed by atoms with Crippen LogP contribution >= 0.6 is 0 Å². The van der Waals surface area contributed by atoms with Crippen molar-refractivity contribution in [1.82, 2.24) is 0 Å². The highest BCUT2D eigenvalue weighted by Crippen LogP contribution is 2.22. The molecule has 0 saturated carbocycles. The van der Waals surface area contributed by atoms with Crippen LogP contribution in [0.3, 0.4) is 0 Å². The average molecular weight is 291 g/mol. The molecule has 0 radical (unpaired) electrons. The molecule has 0 aromatic heterocycles. The lowest BCUT2D eigenvalue weighted by Gasteiger charge is -2.12. The molecule has 2 N–H and O–H groups in total. The Morgan fingerprint density at radius 3 is 2.50 bits per heavy atom. The number of hydrogen-bond acceptors (Lipinski definition) is 3. The van der Waals surface area contributed by atoms with Crippen LogP contribution in [0.2, 0.25) is 0 Å². The molecule has 106 valence electrons. The Balaban J connectivity index is 2.38. The molecule has 0 bridgehead atoms. The van der Waals surface area contributed by atoms with Gasteiger partial charge in [0.25, 0.3) is 10.0 Å². The maximum absolute atomic E-state index is 12.3.